The summed E-state index contributed by atoms with van der Waals surface area (Å²) in [5.41, 5.74) is 0. The van der Waals surface area contributed by atoms with Crippen molar-refractivity contribution in [3.63, 3.8) is 0 Å². The van der Waals surface area contributed by atoms with Crippen LogP contribution in [0.1, 0.15) is 0 Å². The Hall–Kier alpha value is 1.21. The minimum absolute atomic E-state index is 0.638. The molecule has 38 valence electrons. The van der Waals surface area contributed by atoms with E-state index in [-0.39, 0.29) is 0 Å². The van der Waals surface area contributed by atoms with Crippen LogP contribution in [0.15, 0.2) is 15.5 Å². The van der Waals surface area contributed by atoms with Crippen LogP contribution in [0.5, 0.6) is 0 Å². The maximum absolute atomic E-state index is 3.40. The van der Waals surface area contributed by atoms with Gasteiger partial charge in [0.2, 0.25) is 0 Å². The number of hydrogen-bond acceptors (Lipinski definition) is 0. The third-order valence-electron chi connectivity index (χ3n) is 0.574. The van der Waals surface area contributed by atoms with E-state index in [0.29, 0.717) is 14.5 Å². The van der Waals surface area contributed by atoms with Crippen molar-refractivity contribution in [2.24, 2.45) is 0 Å². The first kappa shape index (κ1) is 6.33. The van der Waals surface area contributed by atoms with E-state index >= 15 is 0 Å². The molecule has 0 aliphatic carbocycles. The van der Waals surface area contributed by atoms with E-state index in [9.17, 15) is 0 Å². The molecule has 1 aromatic heterocycles. The zero-order chi connectivity index (χ0) is 5.28. The molecule has 0 fully saturated rings. The first-order chi connectivity index (χ1) is 3.30. The molecule has 1 aromatic rings. The third-order valence-corrected chi connectivity index (χ3v) is 5.94. The summed E-state index contributed by atoms with van der Waals surface area (Å²) in [6, 6.07) is 2.11. The second kappa shape index (κ2) is 2.67. The van der Waals surface area contributed by atoms with Crippen molar-refractivity contribution in [3.05, 3.63) is 17.9 Å². The Kier molecular flexibility index (Phi) is 2.41. The summed E-state index contributed by atoms with van der Waals surface area (Å²) in [6.07, 6.45) is 0. The van der Waals surface area contributed by atoms with E-state index in [1.807, 2.05) is 0 Å². The summed E-state index contributed by atoms with van der Waals surface area (Å²) in [5, 5.41) is 0. The Bertz CT molecular complexity index is 144. The van der Waals surface area contributed by atoms with Crippen LogP contribution in [0.2, 0.25) is 0 Å². The van der Waals surface area contributed by atoms with Crippen molar-refractivity contribution < 1.29 is 0 Å². The van der Waals surface area contributed by atoms with Gasteiger partial charge in [0.25, 0.3) is 0 Å². The van der Waals surface area contributed by atoms with Crippen molar-refractivity contribution in [2.75, 3.05) is 0 Å². The van der Waals surface area contributed by atoms with Gasteiger partial charge in [-0.1, -0.05) is 0 Å². The van der Waals surface area contributed by atoms with Crippen LogP contribution in [0.4, 0.5) is 0 Å². The van der Waals surface area contributed by atoms with Gasteiger partial charge in [-0.3, -0.25) is 0 Å². The predicted octanol–water partition coefficient (Wildman–Crippen LogP) is 2.11. The zero-order valence-electron chi connectivity index (χ0n) is 3.32. The van der Waals surface area contributed by atoms with Crippen LogP contribution < -0.4 is 0 Å². The molecule has 0 aliphatic rings. The van der Waals surface area contributed by atoms with Gasteiger partial charge in [-0.15, -0.1) is 0 Å². The molecule has 0 spiro atoms. The Morgan fingerprint density at radius 1 is 1.71 bits per heavy atom. The van der Waals surface area contributed by atoms with Gasteiger partial charge >= 0.3 is 70.9 Å². The molecule has 0 unspecified atom stereocenters. The van der Waals surface area contributed by atoms with Gasteiger partial charge in [0.05, 0.1) is 0 Å². The van der Waals surface area contributed by atoms with Crippen LogP contribution in [0, 0.1) is 2.44 Å². The van der Waals surface area contributed by atoms with Crippen LogP contribution in [0.25, 0.3) is 0 Å². The summed E-state index contributed by atoms with van der Waals surface area (Å²) < 4.78 is 2.73. The van der Waals surface area contributed by atoms with Crippen molar-refractivity contribution in [3.8, 4) is 0 Å². The summed E-state index contributed by atoms with van der Waals surface area (Å²) in [7, 11) is 0. The molecule has 0 atom stereocenters. The molecule has 0 bridgehead atoms. The van der Waals surface area contributed by atoms with E-state index in [0.717, 1.165) is 0 Å². The van der Waals surface area contributed by atoms with E-state index < -0.39 is 0 Å². The van der Waals surface area contributed by atoms with E-state index in [1.165, 1.54) is 6.92 Å². The van der Waals surface area contributed by atoms with Gasteiger partial charge in [0.15, 0.2) is 0 Å². The SMILES string of the molecule is Brc1cc[se]c1I. The molecule has 1 heterocycles. The predicted molar refractivity (Wildman–Crippen MR) is 43.8 cm³/mol. The van der Waals surface area contributed by atoms with Crippen molar-refractivity contribution in [1.29, 1.82) is 0 Å². The molecule has 0 N–H and O–H groups in total. The molecule has 3 heteroatoms. The topological polar surface area (TPSA) is 0 Å². The first-order valence-corrected chi connectivity index (χ1v) is 5.41. The van der Waals surface area contributed by atoms with E-state index in [4.69, 9.17) is 0 Å². The second-order valence-corrected chi connectivity index (χ2v) is 6.54. The van der Waals surface area contributed by atoms with Crippen molar-refractivity contribution >= 4 is 53.0 Å². The quantitative estimate of drug-likeness (QED) is 0.503. The summed E-state index contributed by atoms with van der Waals surface area (Å²) in [4.78, 5) is 2.21. The molecule has 0 saturated carbocycles. The van der Waals surface area contributed by atoms with Crippen LogP contribution in [-0.2, 0) is 0 Å². The second-order valence-electron chi connectivity index (χ2n) is 1.04. The van der Waals surface area contributed by atoms with Gasteiger partial charge in [-0.25, -0.2) is 0 Å². The normalized spacial score (nSPS) is 9.43. The summed E-state index contributed by atoms with van der Waals surface area (Å²) >= 11 is 6.40. The molecule has 7 heavy (non-hydrogen) atoms. The average molecular weight is 336 g/mol. The number of rotatable bonds is 0. The molecule has 0 saturated heterocycles. The van der Waals surface area contributed by atoms with Gasteiger partial charge in [0.1, 0.15) is 0 Å². The third kappa shape index (κ3) is 1.56. The Labute approximate surface area is 70.3 Å². The van der Waals surface area contributed by atoms with Gasteiger partial charge in [-0.05, 0) is 0 Å². The van der Waals surface area contributed by atoms with Crippen molar-refractivity contribution in [2.45, 2.75) is 0 Å². The van der Waals surface area contributed by atoms with Crippen LogP contribution >= 0.6 is 38.5 Å². The molecular formula is C4H2BrISe. The van der Waals surface area contributed by atoms with Crippen LogP contribution in [0.3, 0.4) is 0 Å². The molecule has 1 rings (SSSR count). The van der Waals surface area contributed by atoms with Gasteiger partial charge in [0, 0.05) is 0 Å². The molecule has 0 aromatic carbocycles. The Balaban J connectivity index is 3.12. The first-order valence-electron chi connectivity index (χ1n) is 1.69. The summed E-state index contributed by atoms with van der Waals surface area (Å²) in [5.74, 6) is 0. The fraction of sp³-hybridized carbons (Fsp3) is 0. The van der Waals surface area contributed by atoms with E-state index in [2.05, 4.69) is 49.5 Å². The average Bonchev–Trinajstić information content (AvgIpc) is 1.91. The standard InChI is InChI=1S/C4H2BrISe/c5-3-1-2-7-4(3)6/h1-2H. The molecule has 0 radical (unpaired) electrons. The molecule has 0 amide bonds. The van der Waals surface area contributed by atoms with Crippen LogP contribution in [-0.4, -0.2) is 14.5 Å². The van der Waals surface area contributed by atoms with Crippen molar-refractivity contribution in [1.82, 2.24) is 0 Å². The molecule has 0 nitrogen and oxygen atoms in total. The number of halogens is 2. The molecular weight excluding hydrogens is 334 g/mol. The maximum atomic E-state index is 3.40. The Morgan fingerprint density at radius 3 is 2.57 bits per heavy atom. The fourth-order valence-corrected chi connectivity index (χ4v) is 3.29. The van der Waals surface area contributed by atoms with Gasteiger partial charge < -0.3 is 0 Å². The monoisotopic (exact) mass is 336 g/mol. The summed E-state index contributed by atoms with van der Waals surface area (Å²) in [6.45, 7) is 0. The Morgan fingerprint density at radius 2 is 2.43 bits per heavy atom. The zero-order valence-corrected chi connectivity index (χ0v) is 8.78. The number of hydrogen-bond donors (Lipinski definition) is 0. The van der Waals surface area contributed by atoms with E-state index in [1.54, 1.807) is 0 Å². The fourth-order valence-electron chi connectivity index (χ4n) is 0.275. The molecule has 0 aliphatic heterocycles. The van der Waals surface area contributed by atoms with Gasteiger partial charge in [-0.2, -0.15) is 0 Å². The minimum atomic E-state index is 0.638.